The molecule has 2 aromatic carbocycles. The maximum atomic E-state index is 13.2. The molecule has 9 nitrogen and oxygen atoms in total. The minimum atomic E-state index is -0.997. The summed E-state index contributed by atoms with van der Waals surface area (Å²) >= 11 is 0. The molecule has 0 aliphatic carbocycles. The first-order valence-electron chi connectivity index (χ1n) is 12.9. The molecule has 0 aliphatic rings. The van der Waals surface area contributed by atoms with Gasteiger partial charge in [-0.2, -0.15) is 12.1 Å². The van der Waals surface area contributed by atoms with Crippen LogP contribution >= 0.6 is 0 Å². The average Bonchev–Trinajstić information content (AvgIpc) is 2.93. The van der Waals surface area contributed by atoms with Gasteiger partial charge >= 0.3 is 37.7 Å². The molecule has 0 spiro atoms. The molecule has 0 radical (unpaired) electrons. The topological polar surface area (TPSA) is 133 Å². The van der Waals surface area contributed by atoms with Crippen LogP contribution in [-0.4, -0.2) is 55.1 Å². The van der Waals surface area contributed by atoms with Crippen molar-refractivity contribution in [3.05, 3.63) is 85.8 Å². The largest absolute Gasteiger partial charge is 1.00 e. The Morgan fingerprint density at radius 3 is 2.12 bits per heavy atom. The van der Waals surface area contributed by atoms with Gasteiger partial charge in [0.15, 0.2) is 0 Å². The van der Waals surface area contributed by atoms with Crippen LogP contribution in [0.1, 0.15) is 44.2 Å². The Morgan fingerprint density at radius 1 is 0.857 bits per heavy atom. The molecular formula is C31H39Li2N4O5-. The molecule has 0 aromatic heterocycles. The van der Waals surface area contributed by atoms with E-state index in [4.69, 9.17) is 6.58 Å². The summed E-state index contributed by atoms with van der Waals surface area (Å²) in [6.07, 6.45) is 1.47. The summed E-state index contributed by atoms with van der Waals surface area (Å²) in [7, 11) is 0. The molecule has 0 saturated carbocycles. The van der Waals surface area contributed by atoms with Crippen molar-refractivity contribution in [3.63, 3.8) is 0 Å². The molecule has 0 heterocycles. The summed E-state index contributed by atoms with van der Waals surface area (Å²) in [5, 5.41) is 10.4. The molecule has 11 heteroatoms. The molecule has 2 unspecified atom stereocenters. The first kappa shape index (κ1) is 41.1. The molecule has 216 valence electrons. The van der Waals surface area contributed by atoms with Gasteiger partial charge in [-0.1, -0.05) is 50.6 Å². The third-order valence-electron chi connectivity index (χ3n) is 5.76. The van der Waals surface area contributed by atoms with Crippen molar-refractivity contribution >= 4 is 35.5 Å². The summed E-state index contributed by atoms with van der Waals surface area (Å²) in [6, 6.07) is 17.4. The molecule has 42 heavy (non-hydrogen) atoms. The van der Waals surface area contributed by atoms with Crippen LogP contribution in [0.25, 0.3) is 5.57 Å². The Morgan fingerprint density at radius 2 is 1.52 bits per heavy atom. The molecule has 4 amide bonds. The van der Waals surface area contributed by atoms with E-state index in [-0.39, 0.29) is 82.9 Å². The fourth-order valence-electron chi connectivity index (χ4n) is 3.79. The van der Waals surface area contributed by atoms with Crippen molar-refractivity contribution in [2.45, 2.75) is 51.6 Å². The van der Waals surface area contributed by atoms with Crippen molar-refractivity contribution in [1.29, 1.82) is 0 Å². The third-order valence-corrected chi connectivity index (χ3v) is 5.76. The van der Waals surface area contributed by atoms with Crippen LogP contribution in [0.4, 0.5) is 0 Å². The van der Waals surface area contributed by atoms with Gasteiger partial charge in [0, 0.05) is 12.8 Å². The van der Waals surface area contributed by atoms with Crippen molar-refractivity contribution in [2.75, 3.05) is 13.1 Å². The zero-order chi connectivity index (χ0) is 28.6. The first-order valence-corrected chi connectivity index (χ1v) is 12.9. The van der Waals surface area contributed by atoms with Crippen LogP contribution in [-0.2, 0) is 30.4 Å². The van der Waals surface area contributed by atoms with Crippen LogP contribution in [0.3, 0.4) is 0 Å². The zero-order valence-corrected chi connectivity index (χ0v) is 25.4. The molecule has 0 bridgehead atoms. The van der Waals surface area contributed by atoms with Gasteiger partial charge in [-0.15, -0.1) is 6.07 Å². The predicted octanol–water partition coefficient (Wildman–Crippen LogP) is -3.77. The molecule has 4 N–H and O–H groups in total. The van der Waals surface area contributed by atoms with Crippen LogP contribution < -0.4 is 59.0 Å². The fraction of sp³-hybridized carbons (Fsp3) is 0.355. The number of carbonyl (C=O) groups excluding carboxylic acids is 5. The van der Waals surface area contributed by atoms with Gasteiger partial charge in [0.1, 0.15) is 18.4 Å². The van der Waals surface area contributed by atoms with Crippen molar-refractivity contribution in [3.8, 4) is 0 Å². The van der Waals surface area contributed by atoms with E-state index in [9.17, 15) is 24.0 Å². The van der Waals surface area contributed by atoms with E-state index >= 15 is 0 Å². The number of rotatable bonds is 16. The van der Waals surface area contributed by atoms with E-state index in [2.05, 4.69) is 27.3 Å². The molecule has 0 fully saturated rings. The van der Waals surface area contributed by atoms with Gasteiger partial charge in [-0.3, -0.25) is 19.2 Å². The minimum Gasteiger partial charge on any atom is -0.358 e. The second-order valence-corrected chi connectivity index (χ2v) is 9.49. The van der Waals surface area contributed by atoms with Crippen LogP contribution in [0, 0.1) is 26.0 Å². The summed E-state index contributed by atoms with van der Waals surface area (Å²) in [5.41, 5.74) is 2.04. The number of benzene rings is 2. The number of hydrogen-bond acceptors (Lipinski definition) is 5. The second kappa shape index (κ2) is 22.5. The monoisotopic (exact) mass is 561 g/mol. The van der Waals surface area contributed by atoms with E-state index in [0.29, 0.717) is 30.3 Å². The van der Waals surface area contributed by atoms with Crippen LogP contribution in [0.2, 0.25) is 0 Å². The molecule has 0 aliphatic heterocycles. The van der Waals surface area contributed by atoms with Gasteiger partial charge < -0.3 is 51.2 Å². The SMILES string of the molecule is [CH-]=C(CCC(=O)NCC(=O)NC(Cc1ccccc1)C(=O)NC(CC(C)C)C(=O)NCC=O)c1[c-]cccc1.[CH3-].[Li+].[Li+]. The van der Waals surface area contributed by atoms with Gasteiger partial charge in [-0.05, 0) is 17.9 Å². The average molecular weight is 562 g/mol. The predicted molar refractivity (Wildman–Crippen MR) is 154 cm³/mol. The maximum absolute atomic E-state index is 13.2. The number of nitrogens with one attached hydrogen (secondary N) is 4. The molecule has 0 saturated heterocycles. The number of hydrogen-bond donors (Lipinski definition) is 4. The van der Waals surface area contributed by atoms with E-state index < -0.39 is 29.8 Å². The number of amides is 4. The maximum Gasteiger partial charge on any atom is 1.00 e. The Hall–Kier alpha value is -3.08. The van der Waals surface area contributed by atoms with Crippen molar-refractivity contribution < 1.29 is 61.7 Å². The van der Waals surface area contributed by atoms with Crippen molar-refractivity contribution in [2.24, 2.45) is 5.92 Å². The quantitative estimate of drug-likeness (QED) is 0.0950. The van der Waals surface area contributed by atoms with Crippen LogP contribution in [0.5, 0.6) is 0 Å². The Balaban J connectivity index is 0. The molecule has 2 atom stereocenters. The standard InChI is InChI=1S/C30H36N4O5.CH3.2Li/c1-21(2)18-25(29(38)31-16-17-35)34-30(39)26(19-23-10-6-4-7-11-23)33-28(37)20-32-27(36)15-14-22(3)24-12-8-5-9-13-24;;;/h3-12,17,21,25-26H,14-16,18-20H2,1-2H3,(H,31,38)(H,32,36)(H,33,37)(H,34,39);1H3;;/q-2;-1;2*+1. The van der Waals surface area contributed by atoms with Crippen LogP contribution in [0.15, 0.2) is 54.6 Å². The molecule has 2 rings (SSSR count). The molecule has 2 aromatic rings. The number of aldehydes is 1. The Bertz CT molecular complexity index is 1130. The number of carbonyl (C=O) groups is 5. The summed E-state index contributed by atoms with van der Waals surface area (Å²) in [4.78, 5) is 61.4. The normalized spacial score (nSPS) is 11.2. The zero-order valence-electron chi connectivity index (χ0n) is 25.4. The summed E-state index contributed by atoms with van der Waals surface area (Å²) < 4.78 is 0. The second-order valence-electron chi connectivity index (χ2n) is 9.49. The molecular weight excluding hydrogens is 522 g/mol. The Kier molecular flexibility index (Phi) is 22.0. The van der Waals surface area contributed by atoms with E-state index in [0.717, 1.165) is 5.56 Å². The smallest absolute Gasteiger partial charge is 0.358 e. The van der Waals surface area contributed by atoms with Gasteiger partial charge in [-0.25, -0.2) is 12.1 Å². The third kappa shape index (κ3) is 15.8. The fourth-order valence-corrected chi connectivity index (χ4v) is 3.79. The van der Waals surface area contributed by atoms with E-state index in [1.54, 1.807) is 12.1 Å². The van der Waals surface area contributed by atoms with Crippen molar-refractivity contribution in [1.82, 2.24) is 21.3 Å². The van der Waals surface area contributed by atoms with Gasteiger partial charge in [0.05, 0.1) is 13.1 Å². The Labute approximate surface area is 273 Å². The minimum absolute atomic E-state index is 0. The van der Waals surface area contributed by atoms with Gasteiger partial charge in [0.2, 0.25) is 23.6 Å². The van der Waals surface area contributed by atoms with Gasteiger partial charge in [0.25, 0.3) is 0 Å². The summed E-state index contributed by atoms with van der Waals surface area (Å²) in [5.74, 6) is -1.87. The first-order chi connectivity index (χ1) is 18.7. The van der Waals surface area contributed by atoms with E-state index in [1.165, 1.54) is 0 Å². The number of allylic oxidation sites excluding steroid dienone is 1. The summed E-state index contributed by atoms with van der Waals surface area (Å²) in [6.45, 7) is 9.34. The van der Waals surface area contributed by atoms with E-state index in [1.807, 2.05) is 56.3 Å².